The molecule has 0 fully saturated rings. The summed E-state index contributed by atoms with van der Waals surface area (Å²) in [6, 6.07) is 7.24. The summed E-state index contributed by atoms with van der Waals surface area (Å²) in [6.45, 7) is 0.0844. The van der Waals surface area contributed by atoms with E-state index in [-0.39, 0.29) is 28.0 Å². The van der Waals surface area contributed by atoms with Crippen molar-refractivity contribution in [3.8, 4) is 11.5 Å². The molecule has 1 aliphatic heterocycles. The minimum atomic E-state index is -4.01. The third-order valence-corrected chi connectivity index (χ3v) is 5.61. The number of nitrogens with zero attached hydrogens (tertiary/aromatic N) is 1. The van der Waals surface area contributed by atoms with Crippen LogP contribution in [-0.4, -0.2) is 19.8 Å². The second kappa shape index (κ2) is 5.43. The van der Waals surface area contributed by atoms with Gasteiger partial charge in [-0.1, -0.05) is 11.6 Å². The van der Waals surface area contributed by atoms with Gasteiger partial charge in [0.05, 0.1) is 16.2 Å². The Morgan fingerprint density at radius 3 is 2.72 bits per heavy atom. The lowest BCUT2D eigenvalue weighted by atomic mass is 10.3. The number of ether oxygens (including phenoxy) is 2. The molecule has 0 saturated carbocycles. The molecule has 0 bridgehead atoms. The van der Waals surface area contributed by atoms with E-state index in [1.54, 1.807) is 12.1 Å². The molecule has 0 atom stereocenters. The van der Waals surface area contributed by atoms with Gasteiger partial charge in [-0.05, 0) is 18.2 Å². The average Bonchev–Trinajstić information content (AvgIpc) is 3.12. The van der Waals surface area contributed by atoms with Gasteiger partial charge in [0.2, 0.25) is 6.79 Å². The molecular formula is C15H11ClN2O6S. The predicted molar refractivity (Wildman–Crippen MR) is 89.8 cm³/mol. The van der Waals surface area contributed by atoms with Crippen LogP contribution in [0.3, 0.4) is 0 Å². The van der Waals surface area contributed by atoms with Crippen molar-refractivity contribution in [1.29, 1.82) is 0 Å². The van der Waals surface area contributed by atoms with Crippen molar-refractivity contribution in [2.45, 2.75) is 4.90 Å². The Balaban J connectivity index is 1.76. The summed E-state index contributed by atoms with van der Waals surface area (Å²) in [5.41, 5.74) is 0.815. The fourth-order valence-corrected chi connectivity index (χ4v) is 4.09. The first-order chi connectivity index (χ1) is 11.8. The van der Waals surface area contributed by atoms with Gasteiger partial charge in [0, 0.05) is 19.2 Å². The summed E-state index contributed by atoms with van der Waals surface area (Å²) in [4.78, 5) is 11.4. The zero-order valence-corrected chi connectivity index (χ0v) is 14.3. The van der Waals surface area contributed by atoms with E-state index in [1.165, 1.54) is 29.8 Å². The first-order valence-corrected chi connectivity index (χ1v) is 8.93. The Hall–Kier alpha value is -2.65. The van der Waals surface area contributed by atoms with Gasteiger partial charge in [-0.2, -0.15) is 0 Å². The van der Waals surface area contributed by atoms with Crippen LogP contribution in [0.2, 0.25) is 5.02 Å². The van der Waals surface area contributed by atoms with Gasteiger partial charge in [-0.3, -0.25) is 9.29 Å². The molecule has 3 aromatic rings. The Morgan fingerprint density at radius 2 is 1.92 bits per heavy atom. The fraction of sp³-hybridized carbons (Fsp3) is 0.133. The van der Waals surface area contributed by atoms with Crippen LogP contribution < -0.4 is 20.0 Å². The summed E-state index contributed by atoms with van der Waals surface area (Å²) >= 11 is 6.11. The van der Waals surface area contributed by atoms with Crippen molar-refractivity contribution in [2.24, 2.45) is 7.05 Å². The van der Waals surface area contributed by atoms with E-state index in [1.807, 2.05) is 0 Å². The van der Waals surface area contributed by atoms with Gasteiger partial charge < -0.3 is 13.9 Å². The molecule has 0 radical (unpaired) electrons. The number of hydrogen-bond acceptors (Lipinski definition) is 6. The zero-order chi connectivity index (χ0) is 17.8. The molecule has 130 valence electrons. The third kappa shape index (κ3) is 2.61. The van der Waals surface area contributed by atoms with Gasteiger partial charge in [0.25, 0.3) is 10.0 Å². The molecule has 4 rings (SSSR count). The van der Waals surface area contributed by atoms with Gasteiger partial charge in [0.1, 0.15) is 4.90 Å². The standard InChI is InChI=1S/C15H11ClN2O6S/c1-18-10-5-9(16)14(6-12(10)24-15(18)19)25(20,21)17-8-2-3-11-13(4-8)23-7-22-11/h2-6,17H,7H2,1H3. The lowest BCUT2D eigenvalue weighted by Crippen LogP contribution is -2.13. The number of hydrogen-bond donors (Lipinski definition) is 1. The van der Waals surface area contributed by atoms with E-state index in [9.17, 15) is 13.2 Å². The number of aryl methyl sites for hydroxylation is 1. The topological polar surface area (TPSA) is 99.8 Å². The van der Waals surface area contributed by atoms with E-state index >= 15 is 0 Å². The van der Waals surface area contributed by atoms with Crippen LogP contribution in [0.4, 0.5) is 5.69 Å². The minimum absolute atomic E-state index is 0.0304. The van der Waals surface area contributed by atoms with E-state index in [0.717, 1.165) is 0 Å². The lowest BCUT2D eigenvalue weighted by Gasteiger charge is -2.10. The molecular weight excluding hydrogens is 372 g/mol. The number of fused-ring (bicyclic) bond motifs is 2. The number of aromatic nitrogens is 1. The summed E-state index contributed by atoms with van der Waals surface area (Å²) in [5, 5.41) is -0.0304. The van der Waals surface area contributed by atoms with Crippen LogP contribution in [0.15, 0.2) is 44.4 Å². The molecule has 2 heterocycles. The van der Waals surface area contributed by atoms with Gasteiger partial charge >= 0.3 is 5.76 Å². The SMILES string of the molecule is Cn1c(=O)oc2cc(S(=O)(=O)Nc3ccc4c(c3)OCO4)c(Cl)cc21. The summed E-state index contributed by atoms with van der Waals surface area (Å²) in [7, 11) is -2.50. The summed E-state index contributed by atoms with van der Waals surface area (Å²) in [5.74, 6) is 0.369. The predicted octanol–water partition coefficient (Wildman–Crippen LogP) is 2.31. The van der Waals surface area contributed by atoms with Crippen LogP contribution in [0.1, 0.15) is 0 Å². The number of anilines is 1. The maximum absolute atomic E-state index is 12.7. The molecule has 0 aliphatic carbocycles. The van der Waals surface area contributed by atoms with Crippen molar-refractivity contribution in [2.75, 3.05) is 11.5 Å². The minimum Gasteiger partial charge on any atom is -0.454 e. The maximum Gasteiger partial charge on any atom is 0.419 e. The first kappa shape index (κ1) is 15.9. The number of rotatable bonds is 3. The van der Waals surface area contributed by atoms with Crippen LogP contribution in [0.5, 0.6) is 11.5 Å². The molecule has 0 spiro atoms. The summed E-state index contributed by atoms with van der Waals surface area (Å²) < 4.78 is 44.4. The van der Waals surface area contributed by atoms with E-state index in [4.69, 9.17) is 25.5 Å². The quantitative estimate of drug-likeness (QED) is 0.746. The Morgan fingerprint density at radius 1 is 1.16 bits per heavy atom. The van der Waals surface area contributed by atoms with Crippen molar-refractivity contribution in [1.82, 2.24) is 4.57 Å². The molecule has 1 aliphatic rings. The van der Waals surface area contributed by atoms with Crippen molar-refractivity contribution < 1.29 is 22.3 Å². The molecule has 8 nitrogen and oxygen atoms in total. The monoisotopic (exact) mass is 382 g/mol. The lowest BCUT2D eigenvalue weighted by molar-refractivity contribution is 0.174. The molecule has 0 amide bonds. The normalized spacial score (nSPS) is 13.4. The van der Waals surface area contributed by atoms with Crippen molar-refractivity contribution >= 4 is 38.4 Å². The Labute approximate surface area is 146 Å². The number of nitrogens with one attached hydrogen (secondary N) is 1. The van der Waals surface area contributed by atoms with Crippen LogP contribution >= 0.6 is 11.6 Å². The molecule has 25 heavy (non-hydrogen) atoms. The van der Waals surface area contributed by atoms with Gasteiger partial charge in [0.15, 0.2) is 17.1 Å². The number of oxazole rings is 1. The highest BCUT2D eigenvalue weighted by atomic mass is 35.5. The Kier molecular flexibility index (Phi) is 3.44. The van der Waals surface area contributed by atoms with Crippen molar-refractivity contribution in [3.05, 3.63) is 45.9 Å². The van der Waals surface area contributed by atoms with Gasteiger partial charge in [-0.25, -0.2) is 13.2 Å². The molecule has 1 N–H and O–H groups in total. The van der Waals surface area contributed by atoms with E-state index < -0.39 is 15.8 Å². The number of halogens is 1. The zero-order valence-electron chi connectivity index (χ0n) is 12.8. The molecule has 0 unspecified atom stereocenters. The highest BCUT2D eigenvalue weighted by Crippen LogP contribution is 2.35. The smallest absolute Gasteiger partial charge is 0.419 e. The highest BCUT2D eigenvalue weighted by Gasteiger charge is 2.22. The van der Waals surface area contributed by atoms with E-state index in [0.29, 0.717) is 17.0 Å². The number of sulfonamides is 1. The molecule has 2 aromatic carbocycles. The average molecular weight is 383 g/mol. The van der Waals surface area contributed by atoms with Gasteiger partial charge in [-0.15, -0.1) is 0 Å². The highest BCUT2D eigenvalue weighted by molar-refractivity contribution is 7.92. The largest absolute Gasteiger partial charge is 0.454 e. The second-order valence-electron chi connectivity index (χ2n) is 5.35. The van der Waals surface area contributed by atoms with Crippen molar-refractivity contribution in [3.63, 3.8) is 0 Å². The van der Waals surface area contributed by atoms with Crippen LogP contribution in [0, 0.1) is 0 Å². The first-order valence-electron chi connectivity index (χ1n) is 7.07. The summed E-state index contributed by atoms with van der Waals surface area (Å²) in [6.07, 6.45) is 0. The Bertz CT molecular complexity index is 1160. The third-order valence-electron chi connectivity index (χ3n) is 3.76. The molecule has 0 saturated heterocycles. The van der Waals surface area contributed by atoms with Crippen LogP contribution in [0.25, 0.3) is 11.1 Å². The van der Waals surface area contributed by atoms with E-state index in [2.05, 4.69) is 4.72 Å². The molecule has 1 aromatic heterocycles. The van der Waals surface area contributed by atoms with Crippen LogP contribution in [-0.2, 0) is 17.1 Å². The fourth-order valence-electron chi connectivity index (χ4n) is 2.51. The maximum atomic E-state index is 12.7. The second-order valence-corrected chi connectivity index (χ2v) is 7.41. The molecule has 10 heteroatoms. The number of benzene rings is 2.